The van der Waals surface area contributed by atoms with Crippen molar-refractivity contribution in [3.63, 3.8) is 0 Å². The lowest BCUT2D eigenvalue weighted by Crippen LogP contribution is -2.51. The van der Waals surface area contributed by atoms with Gasteiger partial charge in [0, 0.05) is 23.8 Å². The lowest BCUT2D eigenvalue weighted by atomic mass is 9.92. The molecule has 2 aromatic rings. The molecule has 1 atom stereocenters. The molecule has 9 heteroatoms. The van der Waals surface area contributed by atoms with Crippen molar-refractivity contribution >= 4 is 46.6 Å². The van der Waals surface area contributed by atoms with Crippen LogP contribution in [0.2, 0.25) is 5.02 Å². The van der Waals surface area contributed by atoms with Gasteiger partial charge in [-0.25, -0.2) is 9.78 Å². The average molecular weight is 416 g/mol. The van der Waals surface area contributed by atoms with Crippen LogP contribution in [0.3, 0.4) is 0 Å². The van der Waals surface area contributed by atoms with E-state index in [9.17, 15) is 14.7 Å². The molecule has 1 aromatic carbocycles. The van der Waals surface area contributed by atoms with Crippen molar-refractivity contribution in [2.24, 2.45) is 0 Å². The maximum absolute atomic E-state index is 12.5. The lowest BCUT2D eigenvalue weighted by Gasteiger charge is -2.34. The van der Waals surface area contributed by atoms with Crippen molar-refractivity contribution in [1.29, 1.82) is 0 Å². The molecule has 0 spiro atoms. The van der Waals surface area contributed by atoms with Crippen LogP contribution in [0.25, 0.3) is 0 Å². The first kappa shape index (κ1) is 19.4. The second-order valence-electron chi connectivity index (χ2n) is 7.40. The van der Waals surface area contributed by atoms with E-state index in [4.69, 9.17) is 11.6 Å². The van der Waals surface area contributed by atoms with Gasteiger partial charge in [0.15, 0.2) is 5.82 Å². The van der Waals surface area contributed by atoms with Gasteiger partial charge in [-0.3, -0.25) is 9.69 Å². The Bertz CT molecular complexity index is 965. The van der Waals surface area contributed by atoms with E-state index < -0.39 is 11.5 Å². The number of halogens is 1. The van der Waals surface area contributed by atoms with Gasteiger partial charge >= 0.3 is 5.97 Å². The van der Waals surface area contributed by atoms with Gasteiger partial charge in [-0.15, -0.1) is 0 Å². The topological polar surface area (TPSA) is 107 Å². The summed E-state index contributed by atoms with van der Waals surface area (Å²) in [6.07, 6.45) is 4.57. The number of carboxylic acid groups (broad SMARTS) is 1. The zero-order chi connectivity index (χ0) is 20.6. The molecular formula is C20H22ClN5O3. The van der Waals surface area contributed by atoms with Gasteiger partial charge < -0.3 is 15.7 Å². The van der Waals surface area contributed by atoms with Crippen LogP contribution >= 0.6 is 11.6 Å². The minimum absolute atomic E-state index is 0.190. The molecule has 1 saturated heterocycles. The average Bonchev–Trinajstić information content (AvgIpc) is 3.45. The number of carbonyl (C=O) groups excluding carboxylic acids is 1. The van der Waals surface area contributed by atoms with Crippen molar-refractivity contribution in [1.82, 2.24) is 9.97 Å². The summed E-state index contributed by atoms with van der Waals surface area (Å²) in [5, 5.41) is 16.6. The smallest absolute Gasteiger partial charge is 0.330 e. The normalized spacial score (nSPS) is 21.3. The van der Waals surface area contributed by atoms with E-state index in [1.807, 2.05) is 6.07 Å². The van der Waals surface area contributed by atoms with Gasteiger partial charge in [-0.05, 0) is 43.9 Å². The number of aliphatic carboxylic acids is 1. The standard InChI is InChI=1S/C20H22ClN5O3/c1-2-20(18(28)29)9-8-16(27)26(20)14-5-3-4-13(10-14)24-19-22-11-15(21)17(25-19)23-12-6-7-12/h3-5,10-12H,2,6-9H2,1H3,(H,28,29)(H2,22,23,24,25)/t20-/m0/s1. The maximum Gasteiger partial charge on any atom is 0.330 e. The summed E-state index contributed by atoms with van der Waals surface area (Å²) in [5.74, 6) is -0.234. The Kier molecular flexibility index (Phi) is 5.04. The number of carbonyl (C=O) groups is 2. The molecule has 0 radical (unpaired) electrons. The Morgan fingerprint density at radius 1 is 1.41 bits per heavy atom. The summed E-state index contributed by atoms with van der Waals surface area (Å²) >= 11 is 6.16. The number of amides is 1. The van der Waals surface area contributed by atoms with E-state index in [-0.39, 0.29) is 12.3 Å². The Hall–Kier alpha value is -2.87. The number of rotatable bonds is 7. The van der Waals surface area contributed by atoms with Crippen LogP contribution < -0.4 is 15.5 Å². The van der Waals surface area contributed by atoms with E-state index in [0.717, 1.165) is 12.8 Å². The largest absolute Gasteiger partial charge is 0.479 e. The SMILES string of the molecule is CC[C@@]1(C(=O)O)CCC(=O)N1c1cccc(Nc2ncc(Cl)c(NC3CC3)n2)c1. The maximum atomic E-state index is 12.5. The van der Waals surface area contributed by atoms with Crippen LogP contribution in [-0.4, -0.2) is 38.5 Å². The van der Waals surface area contributed by atoms with E-state index in [0.29, 0.717) is 47.0 Å². The number of benzene rings is 1. The molecule has 0 bridgehead atoms. The number of nitrogens with zero attached hydrogens (tertiary/aromatic N) is 3. The van der Waals surface area contributed by atoms with Crippen molar-refractivity contribution in [3.8, 4) is 0 Å². The molecule has 2 aliphatic rings. The van der Waals surface area contributed by atoms with Crippen LogP contribution in [0, 0.1) is 0 Å². The number of aromatic nitrogens is 2. The minimum atomic E-state index is -1.21. The fourth-order valence-electron chi connectivity index (χ4n) is 3.66. The second-order valence-corrected chi connectivity index (χ2v) is 7.81. The third-order valence-corrected chi connectivity index (χ3v) is 5.71. The highest BCUT2D eigenvalue weighted by Gasteiger charge is 2.50. The summed E-state index contributed by atoms with van der Waals surface area (Å²) < 4.78 is 0. The third-order valence-electron chi connectivity index (χ3n) is 5.44. The quantitative estimate of drug-likeness (QED) is 0.631. The minimum Gasteiger partial charge on any atom is -0.479 e. The molecule has 4 rings (SSSR count). The fraction of sp³-hybridized carbons (Fsp3) is 0.400. The van der Waals surface area contributed by atoms with Crippen molar-refractivity contribution in [3.05, 3.63) is 35.5 Å². The number of nitrogens with one attached hydrogen (secondary N) is 2. The molecule has 2 fully saturated rings. The molecular weight excluding hydrogens is 394 g/mol. The molecule has 1 saturated carbocycles. The number of carboxylic acids is 1. The summed E-state index contributed by atoms with van der Waals surface area (Å²) in [7, 11) is 0. The van der Waals surface area contributed by atoms with Gasteiger partial charge in [-0.2, -0.15) is 4.98 Å². The molecule has 1 amide bonds. The number of anilines is 4. The van der Waals surface area contributed by atoms with Crippen molar-refractivity contribution < 1.29 is 14.7 Å². The molecule has 152 valence electrons. The van der Waals surface area contributed by atoms with Crippen LogP contribution in [0.1, 0.15) is 39.0 Å². The van der Waals surface area contributed by atoms with Gasteiger partial charge in [0.25, 0.3) is 0 Å². The molecule has 0 unspecified atom stereocenters. The van der Waals surface area contributed by atoms with E-state index in [1.54, 1.807) is 25.1 Å². The zero-order valence-corrected chi connectivity index (χ0v) is 16.7. The molecule has 2 heterocycles. The summed E-state index contributed by atoms with van der Waals surface area (Å²) in [5.41, 5.74) is -0.0299. The number of hydrogen-bond acceptors (Lipinski definition) is 6. The predicted octanol–water partition coefficient (Wildman–Crippen LogP) is 3.81. The highest BCUT2D eigenvalue weighted by molar-refractivity contribution is 6.32. The first-order chi connectivity index (χ1) is 13.9. The summed E-state index contributed by atoms with van der Waals surface area (Å²) in [4.78, 5) is 34.5. The molecule has 29 heavy (non-hydrogen) atoms. The Morgan fingerprint density at radius 3 is 2.90 bits per heavy atom. The summed E-state index contributed by atoms with van der Waals surface area (Å²) in [6.45, 7) is 1.79. The molecule has 8 nitrogen and oxygen atoms in total. The molecule has 1 aliphatic heterocycles. The highest BCUT2D eigenvalue weighted by atomic mass is 35.5. The second kappa shape index (κ2) is 7.51. The Morgan fingerprint density at radius 2 is 2.21 bits per heavy atom. The fourth-order valence-corrected chi connectivity index (χ4v) is 3.80. The van der Waals surface area contributed by atoms with E-state index in [1.165, 1.54) is 11.1 Å². The molecule has 1 aliphatic carbocycles. The molecule has 3 N–H and O–H groups in total. The third kappa shape index (κ3) is 3.72. The van der Waals surface area contributed by atoms with Crippen LogP contribution in [0.15, 0.2) is 30.5 Å². The highest BCUT2D eigenvalue weighted by Crippen LogP contribution is 2.39. The van der Waals surface area contributed by atoms with Crippen molar-refractivity contribution in [2.75, 3.05) is 15.5 Å². The van der Waals surface area contributed by atoms with Gasteiger partial charge in [0.05, 0.1) is 6.20 Å². The first-order valence-electron chi connectivity index (χ1n) is 9.65. The first-order valence-corrected chi connectivity index (χ1v) is 10.0. The van der Waals surface area contributed by atoms with E-state index >= 15 is 0 Å². The van der Waals surface area contributed by atoms with Crippen molar-refractivity contribution in [2.45, 2.75) is 50.6 Å². The summed E-state index contributed by atoms with van der Waals surface area (Å²) in [6, 6.07) is 7.46. The van der Waals surface area contributed by atoms with Crippen LogP contribution in [0.5, 0.6) is 0 Å². The molecule has 1 aromatic heterocycles. The van der Waals surface area contributed by atoms with Gasteiger partial charge in [0.2, 0.25) is 11.9 Å². The lowest BCUT2D eigenvalue weighted by molar-refractivity contribution is -0.143. The van der Waals surface area contributed by atoms with Crippen LogP contribution in [0.4, 0.5) is 23.1 Å². The monoisotopic (exact) mass is 415 g/mol. The predicted molar refractivity (Wildman–Crippen MR) is 111 cm³/mol. The Labute approximate surface area is 173 Å². The number of hydrogen-bond donors (Lipinski definition) is 3. The van der Waals surface area contributed by atoms with E-state index in [2.05, 4.69) is 20.6 Å². The van der Waals surface area contributed by atoms with Gasteiger partial charge in [0.1, 0.15) is 10.6 Å². The van der Waals surface area contributed by atoms with Crippen LogP contribution in [-0.2, 0) is 9.59 Å². The van der Waals surface area contributed by atoms with Gasteiger partial charge in [-0.1, -0.05) is 24.6 Å². The zero-order valence-electron chi connectivity index (χ0n) is 16.0. The Balaban J connectivity index is 1.61.